The number of nitrogens with one attached hydrogen (secondary N) is 1. The van der Waals surface area contributed by atoms with Crippen molar-refractivity contribution in [1.29, 1.82) is 0 Å². The molecular weight excluding hydrogens is 389 g/mol. The molecule has 0 aliphatic rings. The van der Waals surface area contributed by atoms with Gasteiger partial charge in [-0.15, -0.1) is 4.68 Å². The molecule has 27 heavy (non-hydrogen) atoms. The van der Waals surface area contributed by atoms with Crippen LogP contribution >= 0.6 is 23.2 Å². The SMILES string of the molecule is CCC(C)Oc1c(Cl)cc(C=Nn2c(=O)[nH]c3ccccc3c2=O)cc1Cl. The molecular formula is C19H17Cl2N3O3. The van der Waals surface area contributed by atoms with Gasteiger partial charge in [-0.05, 0) is 43.2 Å². The molecule has 1 N–H and O–H groups in total. The van der Waals surface area contributed by atoms with Gasteiger partial charge in [-0.1, -0.05) is 42.3 Å². The van der Waals surface area contributed by atoms with Crippen LogP contribution in [0.15, 0.2) is 51.1 Å². The van der Waals surface area contributed by atoms with E-state index in [0.717, 1.165) is 11.1 Å². The zero-order valence-corrected chi connectivity index (χ0v) is 16.2. The van der Waals surface area contributed by atoms with Gasteiger partial charge in [0.05, 0.1) is 33.3 Å². The van der Waals surface area contributed by atoms with E-state index in [4.69, 9.17) is 27.9 Å². The fourth-order valence-corrected chi connectivity index (χ4v) is 3.03. The normalized spacial score (nSPS) is 12.6. The Bertz CT molecular complexity index is 1110. The van der Waals surface area contributed by atoms with Crippen molar-refractivity contribution in [3.8, 4) is 5.75 Å². The average Bonchev–Trinajstić information content (AvgIpc) is 2.64. The van der Waals surface area contributed by atoms with Crippen molar-refractivity contribution in [2.24, 2.45) is 5.10 Å². The molecule has 0 aliphatic heterocycles. The molecule has 0 amide bonds. The molecule has 3 aromatic rings. The van der Waals surface area contributed by atoms with Crippen LogP contribution in [0.25, 0.3) is 10.9 Å². The number of fused-ring (bicyclic) bond motifs is 1. The van der Waals surface area contributed by atoms with Gasteiger partial charge in [-0.2, -0.15) is 5.10 Å². The van der Waals surface area contributed by atoms with Crippen LogP contribution in [0.1, 0.15) is 25.8 Å². The Morgan fingerprint density at radius 2 is 1.89 bits per heavy atom. The van der Waals surface area contributed by atoms with Gasteiger partial charge in [0.15, 0.2) is 5.75 Å². The van der Waals surface area contributed by atoms with Crippen LogP contribution < -0.4 is 16.0 Å². The number of H-pyrrole nitrogens is 1. The van der Waals surface area contributed by atoms with Gasteiger partial charge < -0.3 is 9.72 Å². The monoisotopic (exact) mass is 405 g/mol. The second kappa shape index (κ2) is 7.98. The third kappa shape index (κ3) is 4.07. The van der Waals surface area contributed by atoms with Crippen LogP contribution in [0.3, 0.4) is 0 Å². The first-order valence-corrected chi connectivity index (χ1v) is 9.10. The van der Waals surface area contributed by atoms with Crippen LogP contribution in [0, 0.1) is 0 Å². The number of nitrogens with zero attached hydrogens (tertiary/aromatic N) is 2. The second-order valence-electron chi connectivity index (χ2n) is 5.99. The van der Waals surface area contributed by atoms with Gasteiger partial charge in [-0.25, -0.2) is 4.79 Å². The molecule has 1 aromatic heterocycles. The van der Waals surface area contributed by atoms with Crippen molar-refractivity contribution in [3.63, 3.8) is 0 Å². The minimum Gasteiger partial charge on any atom is -0.488 e. The van der Waals surface area contributed by atoms with Crippen LogP contribution in [0.2, 0.25) is 10.0 Å². The highest BCUT2D eigenvalue weighted by molar-refractivity contribution is 6.37. The van der Waals surface area contributed by atoms with Gasteiger partial charge in [0.1, 0.15) is 0 Å². The molecule has 2 aromatic carbocycles. The predicted octanol–water partition coefficient (Wildman–Crippen LogP) is 4.06. The molecule has 0 saturated carbocycles. The molecule has 1 atom stereocenters. The summed E-state index contributed by atoms with van der Waals surface area (Å²) in [5.74, 6) is 0.394. The zero-order chi connectivity index (χ0) is 19.6. The minimum atomic E-state index is -0.635. The fraction of sp³-hybridized carbons (Fsp3) is 0.211. The molecule has 0 spiro atoms. The van der Waals surface area contributed by atoms with Gasteiger partial charge >= 0.3 is 5.69 Å². The maximum absolute atomic E-state index is 12.5. The first kappa shape index (κ1) is 19.2. The Hall–Kier alpha value is -2.57. The summed E-state index contributed by atoms with van der Waals surface area (Å²) in [6, 6.07) is 9.93. The maximum atomic E-state index is 12.5. The van der Waals surface area contributed by atoms with E-state index in [1.807, 2.05) is 13.8 Å². The Morgan fingerprint density at radius 1 is 1.22 bits per heavy atom. The first-order valence-electron chi connectivity index (χ1n) is 8.34. The van der Waals surface area contributed by atoms with Crippen molar-refractivity contribution < 1.29 is 4.74 Å². The van der Waals surface area contributed by atoms with E-state index in [1.54, 1.807) is 36.4 Å². The van der Waals surface area contributed by atoms with Crippen molar-refractivity contribution in [2.45, 2.75) is 26.4 Å². The van der Waals surface area contributed by atoms with Crippen molar-refractivity contribution >= 4 is 40.3 Å². The molecule has 0 radical (unpaired) electrons. The Labute approximate surface area is 165 Å². The maximum Gasteiger partial charge on any atom is 0.349 e. The number of para-hydroxylation sites is 1. The molecule has 0 bridgehead atoms. The molecule has 140 valence electrons. The van der Waals surface area contributed by atoms with Crippen LogP contribution in [0.5, 0.6) is 5.75 Å². The lowest BCUT2D eigenvalue weighted by atomic mass is 10.2. The summed E-state index contributed by atoms with van der Waals surface area (Å²) >= 11 is 12.5. The molecule has 0 aliphatic carbocycles. The minimum absolute atomic E-state index is 0.0331. The molecule has 0 fully saturated rings. The Kier molecular flexibility index (Phi) is 5.68. The molecule has 3 rings (SSSR count). The van der Waals surface area contributed by atoms with E-state index in [9.17, 15) is 9.59 Å². The van der Waals surface area contributed by atoms with Crippen LogP contribution in [0.4, 0.5) is 0 Å². The van der Waals surface area contributed by atoms with Crippen molar-refractivity contribution in [1.82, 2.24) is 9.66 Å². The third-order valence-electron chi connectivity index (χ3n) is 4.02. The number of aromatic amines is 1. The summed E-state index contributed by atoms with van der Waals surface area (Å²) in [5.41, 5.74) is -0.166. The number of aromatic nitrogens is 2. The average molecular weight is 406 g/mol. The van der Waals surface area contributed by atoms with E-state index in [1.165, 1.54) is 6.21 Å². The summed E-state index contributed by atoms with van der Waals surface area (Å²) in [6.45, 7) is 3.91. The quantitative estimate of drug-likeness (QED) is 0.650. The predicted molar refractivity (Wildman–Crippen MR) is 109 cm³/mol. The van der Waals surface area contributed by atoms with E-state index in [0.29, 0.717) is 32.3 Å². The largest absolute Gasteiger partial charge is 0.488 e. The highest BCUT2D eigenvalue weighted by Gasteiger charge is 2.12. The summed E-state index contributed by atoms with van der Waals surface area (Å²) in [5, 5.41) is 5.00. The summed E-state index contributed by atoms with van der Waals surface area (Å²) in [7, 11) is 0. The van der Waals surface area contributed by atoms with Gasteiger partial charge in [0, 0.05) is 0 Å². The summed E-state index contributed by atoms with van der Waals surface area (Å²) in [4.78, 5) is 27.2. The first-order chi connectivity index (χ1) is 12.9. The summed E-state index contributed by atoms with van der Waals surface area (Å²) in [6.07, 6.45) is 2.12. The number of hydrogen-bond acceptors (Lipinski definition) is 4. The fourth-order valence-electron chi connectivity index (χ4n) is 2.43. The molecule has 1 unspecified atom stereocenters. The Balaban J connectivity index is 1.99. The lowest BCUT2D eigenvalue weighted by molar-refractivity contribution is 0.218. The number of rotatable bonds is 5. The number of halogens is 2. The molecule has 1 heterocycles. The number of benzene rings is 2. The van der Waals surface area contributed by atoms with E-state index in [2.05, 4.69) is 10.1 Å². The molecule has 8 heteroatoms. The number of ether oxygens (including phenoxy) is 1. The van der Waals surface area contributed by atoms with Crippen LogP contribution in [-0.4, -0.2) is 22.0 Å². The molecule has 6 nitrogen and oxygen atoms in total. The van der Waals surface area contributed by atoms with E-state index in [-0.39, 0.29) is 6.10 Å². The van der Waals surface area contributed by atoms with E-state index < -0.39 is 11.2 Å². The van der Waals surface area contributed by atoms with Crippen LogP contribution in [-0.2, 0) is 0 Å². The van der Waals surface area contributed by atoms with Gasteiger partial charge in [0.2, 0.25) is 0 Å². The van der Waals surface area contributed by atoms with E-state index >= 15 is 0 Å². The van der Waals surface area contributed by atoms with Gasteiger partial charge in [-0.3, -0.25) is 4.79 Å². The topological polar surface area (TPSA) is 76.5 Å². The van der Waals surface area contributed by atoms with Gasteiger partial charge in [0.25, 0.3) is 5.56 Å². The smallest absolute Gasteiger partial charge is 0.349 e. The lowest BCUT2D eigenvalue weighted by Crippen LogP contribution is -2.32. The highest BCUT2D eigenvalue weighted by atomic mass is 35.5. The third-order valence-corrected chi connectivity index (χ3v) is 4.58. The number of hydrogen-bond donors (Lipinski definition) is 1. The second-order valence-corrected chi connectivity index (χ2v) is 6.80. The summed E-state index contributed by atoms with van der Waals surface area (Å²) < 4.78 is 6.47. The standard InChI is InChI=1S/C19H17Cl2N3O3/c1-3-11(2)27-17-14(20)8-12(9-15(17)21)10-22-24-18(25)13-6-4-5-7-16(13)23-19(24)26/h4-11H,3H2,1-2H3,(H,23,26). The highest BCUT2D eigenvalue weighted by Crippen LogP contribution is 2.34. The Morgan fingerprint density at radius 3 is 2.56 bits per heavy atom. The van der Waals surface area contributed by atoms with Crippen molar-refractivity contribution in [2.75, 3.05) is 0 Å². The van der Waals surface area contributed by atoms with Crippen molar-refractivity contribution in [3.05, 3.63) is 72.8 Å². The molecule has 0 saturated heterocycles. The lowest BCUT2D eigenvalue weighted by Gasteiger charge is -2.15. The zero-order valence-electron chi connectivity index (χ0n) is 14.7.